The molecule has 1 aliphatic rings. The Hall–Kier alpha value is -2.93. The molecule has 0 unspecified atom stereocenters. The fourth-order valence-corrected chi connectivity index (χ4v) is 3.10. The van der Waals surface area contributed by atoms with Gasteiger partial charge >= 0.3 is 0 Å². The van der Waals surface area contributed by atoms with Crippen molar-refractivity contribution in [3.63, 3.8) is 0 Å². The molecule has 4 heteroatoms. The molecule has 0 aliphatic heterocycles. The van der Waals surface area contributed by atoms with Gasteiger partial charge in [0, 0.05) is 22.6 Å². The summed E-state index contributed by atoms with van der Waals surface area (Å²) in [5, 5.41) is 8.37. The summed E-state index contributed by atoms with van der Waals surface area (Å²) in [5.74, 6) is 7.43. The third-order valence-electron chi connectivity index (χ3n) is 4.45. The predicted molar refractivity (Wildman–Crippen MR) is 93.3 cm³/mol. The molecule has 2 aromatic carbocycles. The van der Waals surface area contributed by atoms with Crippen molar-refractivity contribution in [1.82, 2.24) is 10.2 Å². The van der Waals surface area contributed by atoms with Crippen LogP contribution in [0.5, 0.6) is 0 Å². The van der Waals surface area contributed by atoms with Crippen LogP contribution in [0.4, 0.5) is 4.39 Å². The number of aromatic nitrogens is 2. The number of hydrogen-bond acceptors (Lipinski definition) is 3. The van der Waals surface area contributed by atoms with Gasteiger partial charge in [-0.3, -0.25) is 0 Å². The molecule has 0 amide bonds. The van der Waals surface area contributed by atoms with E-state index in [0.717, 1.165) is 29.9 Å². The maximum atomic E-state index is 13.2. The molecule has 1 heterocycles. The van der Waals surface area contributed by atoms with Crippen LogP contribution in [0.3, 0.4) is 0 Å². The van der Waals surface area contributed by atoms with E-state index < -0.39 is 0 Å². The van der Waals surface area contributed by atoms with Gasteiger partial charge in [0.05, 0.1) is 0 Å². The summed E-state index contributed by atoms with van der Waals surface area (Å²) in [6.07, 6.45) is 4.74. The first-order valence-electron chi connectivity index (χ1n) is 8.49. The Morgan fingerprint density at radius 2 is 1.68 bits per heavy atom. The number of halogens is 1. The van der Waals surface area contributed by atoms with Crippen LogP contribution in [0.2, 0.25) is 0 Å². The molecular weight excluding hydrogens is 315 g/mol. The fraction of sp³-hybridized carbons (Fsp3) is 0.238. The monoisotopic (exact) mass is 332 g/mol. The van der Waals surface area contributed by atoms with Crippen LogP contribution in [0.25, 0.3) is 11.5 Å². The third kappa shape index (κ3) is 3.61. The summed E-state index contributed by atoms with van der Waals surface area (Å²) in [4.78, 5) is 0. The molecule has 124 valence electrons. The van der Waals surface area contributed by atoms with E-state index in [-0.39, 0.29) is 5.82 Å². The summed E-state index contributed by atoms with van der Waals surface area (Å²) in [7, 11) is 0. The maximum Gasteiger partial charge on any atom is 0.247 e. The first kappa shape index (κ1) is 15.6. The molecule has 0 spiro atoms. The topological polar surface area (TPSA) is 38.9 Å². The quantitative estimate of drug-likeness (QED) is 0.624. The first-order valence-corrected chi connectivity index (χ1v) is 8.49. The zero-order valence-corrected chi connectivity index (χ0v) is 13.7. The zero-order chi connectivity index (χ0) is 17.1. The zero-order valence-electron chi connectivity index (χ0n) is 13.7. The molecule has 1 aromatic heterocycles. The molecule has 0 N–H and O–H groups in total. The van der Waals surface area contributed by atoms with Gasteiger partial charge in [0.1, 0.15) is 5.82 Å². The van der Waals surface area contributed by atoms with Crippen LogP contribution < -0.4 is 0 Å². The highest BCUT2D eigenvalue weighted by Crippen LogP contribution is 2.34. The molecule has 0 bridgehead atoms. The summed E-state index contributed by atoms with van der Waals surface area (Å²) in [6.45, 7) is 0. The van der Waals surface area contributed by atoms with E-state index in [4.69, 9.17) is 4.42 Å². The lowest BCUT2D eigenvalue weighted by Crippen LogP contribution is -1.91. The highest BCUT2D eigenvalue weighted by Gasteiger charge is 2.22. The minimum absolute atomic E-state index is 0.281. The Kier molecular flexibility index (Phi) is 4.30. The lowest BCUT2D eigenvalue weighted by molar-refractivity contribution is 0.457. The highest BCUT2D eigenvalue weighted by molar-refractivity contribution is 5.55. The minimum atomic E-state index is -0.281. The molecule has 1 saturated carbocycles. The van der Waals surface area contributed by atoms with Gasteiger partial charge in [-0.15, -0.1) is 10.2 Å². The first-order chi connectivity index (χ1) is 12.3. The SMILES string of the molecule is Fc1cccc(C#Cc2ccc(-c3nnc(C4CCCC4)o3)cc2)c1. The van der Waals surface area contributed by atoms with Crippen molar-refractivity contribution in [3.8, 4) is 23.3 Å². The van der Waals surface area contributed by atoms with Gasteiger partial charge in [0.25, 0.3) is 0 Å². The largest absolute Gasteiger partial charge is 0.420 e. The molecule has 4 rings (SSSR count). The highest BCUT2D eigenvalue weighted by atomic mass is 19.1. The minimum Gasteiger partial charge on any atom is -0.420 e. The number of rotatable bonds is 2. The van der Waals surface area contributed by atoms with Crippen LogP contribution in [0.15, 0.2) is 52.9 Å². The Bertz CT molecular complexity index is 928. The Balaban J connectivity index is 1.50. The number of hydrogen-bond donors (Lipinski definition) is 0. The van der Waals surface area contributed by atoms with Crippen molar-refractivity contribution in [3.05, 3.63) is 71.4 Å². The fourth-order valence-electron chi connectivity index (χ4n) is 3.10. The molecule has 3 nitrogen and oxygen atoms in total. The average molecular weight is 332 g/mol. The lowest BCUT2D eigenvalue weighted by atomic mass is 10.1. The number of nitrogens with zero attached hydrogens (tertiary/aromatic N) is 2. The molecule has 1 aliphatic carbocycles. The molecule has 0 saturated heterocycles. The van der Waals surface area contributed by atoms with Gasteiger partial charge in [-0.2, -0.15) is 0 Å². The van der Waals surface area contributed by atoms with Crippen molar-refractivity contribution in [1.29, 1.82) is 0 Å². The van der Waals surface area contributed by atoms with E-state index in [9.17, 15) is 4.39 Å². The smallest absolute Gasteiger partial charge is 0.247 e. The Labute approximate surface area is 145 Å². The predicted octanol–water partition coefficient (Wildman–Crippen LogP) is 4.93. The van der Waals surface area contributed by atoms with E-state index >= 15 is 0 Å². The second kappa shape index (κ2) is 6.90. The number of benzene rings is 2. The van der Waals surface area contributed by atoms with Crippen molar-refractivity contribution in [2.45, 2.75) is 31.6 Å². The standard InChI is InChI=1S/C21H17FN2O/c22-19-7-3-4-16(14-19)9-8-15-10-12-18(13-11-15)21-24-23-20(25-21)17-5-1-2-6-17/h3-4,7,10-14,17H,1-2,5-6H2. The van der Waals surface area contributed by atoms with Crippen LogP contribution in [0.1, 0.15) is 48.6 Å². The van der Waals surface area contributed by atoms with Gasteiger partial charge in [0.2, 0.25) is 11.8 Å². The van der Waals surface area contributed by atoms with Crippen LogP contribution in [-0.4, -0.2) is 10.2 Å². The van der Waals surface area contributed by atoms with Gasteiger partial charge < -0.3 is 4.42 Å². The van der Waals surface area contributed by atoms with Crippen molar-refractivity contribution >= 4 is 0 Å². The van der Waals surface area contributed by atoms with E-state index in [1.807, 2.05) is 24.3 Å². The second-order valence-corrected chi connectivity index (χ2v) is 6.26. The van der Waals surface area contributed by atoms with Gasteiger partial charge in [-0.05, 0) is 55.3 Å². The van der Waals surface area contributed by atoms with Crippen LogP contribution in [0, 0.1) is 17.7 Å². The van der Waals surface area contributed by atoms with Gasteiger partial charge in [-0.1, -0.05) is 30.7 Å². The molecule has 1 fully saturated rings. The second-order valence-electron chi connectivity index (χ2n) is 6.26. The summed E-state index contributed by atoms with van der Waals surface area (Å²) < 4.78 is 19.0. The van der Waals surface area contributed by atoms with Crippen molar-refractivity contribution in [2.75, 3.05) is 0 Å². The lowest BCUT2D eigenvalue weighted by Gasteiger charge is -2.00. The molecular formula is C21H17FN2O. The van der Waals surface area contributed by atoms with E-state index in [1.54, 1.807) is 12.1 Å². The Morgan fingerprint density at radius 1 is 0.920 bits per heavy atom. The molecule has 25 heavy (non-hydrogen) atoms. The average Bonchev–Trinajstić information content (AvgIpc) is 3.32. The summed E-state index contributed by atoms with van der Waals surface area (Å²) in [5.41, 5.74) is 2.39. The van der Waals surface area contributed by atoms with E-state index in [2.05, 4.69) is 22.0 Å². The van der Waals surface area contributed by atoms with Gasteiger partial charge in [0.15, 0.2) is 0 Å². The summed E-state index contributed by atoms with van der Waals surface area (Å²) >= 11 is 0. The van der Waals surface area contributed by atoms with Crippen LogP contribution in [-0.2, 0) is 0 Å². The maximum absolute atomic E-state index is 13.2. The Morgan fingerprint density at radius 3 is 2.44 bits per heavy atom. The summed E-state index contributed by atoms with van der Waals surface area (Å²) in [6, 6.07) is 13.9. The van der Waals surface area contributed by atoms with E-state index in [0.29, 0.717) is 17.4 Å². The van der Waals surface area contributed by atoms with Gasteiger partial charge in [-0.25, -0.2) is 4.39 Å². The molecule has 0 radical (unpaired) electrons. The third-order valence-corrected chi connectivity index (χ3v) is 4.45. The molecule has 0 atom stereocenters. The molecule has 3 aromatic rings. The van der Waals surface area contributed by atoms with Crippen LogP contribution >= 0.6 is 0 Å². The van der Waals surface area contributed by atoms with E-state index in [1.165, 1.54) is 25.0 Å². The normalized spacial score (nSPS) is 14.3. The van der Waals surface area contributed by atoms with Crippen molar-refractivity contribution in [2.24, 2.45) is 0 Å². The van der Waals surface area contributed by atoms with Crippen molar-refractivity contribution < 1.29 is 8.81 Å².